The number of ether oxygens (including phenoxy) is 2. The SMILES string of the molecule is CC(=O)Nc1cccc(NC(=S)NC(=O)c2ccc(OCCOc3ccccc3)cc2)c1. The van der Waals surface area contributed by atoms with E-state index < -0.39 is 0 Å². The van der Waals surface area contributed by atoms with Crippen molar-refractivity contribution < 1.29 is 19.1 Å². The third-order valence-electron chi connectivity index (χ3n) is 4.15. The highest BCUT2D eigenvalue weighted by molar-refractivity contribution is 7.80. The fraction of sp³-hybridized carbons (Fsp3) is 0.125. The first-order valence-corrected chi connectivity index (χ1v) is 10.3. The van der Waals surface area contributed by atoms with Gasteiger partial charge in [-0.1, -0.05) is 24.3 Å². The Morgan fingerprint density at radius 1 is 0.781 bits per heavy atom. The first-order chi connectivity index (χ1) is 15.5. The Balaban J connectivity index is 1.44. The Kier molecular flexibility index (Phi) is 8.16. The molecule has 0 unspecified atom stereocenters. The van der Waals surface area contributed by atoms with Crippen LogP contribution in [0.25, 0.3) is 0 Å². The number of carbonyl (C=O) groups is 2. The van der Waals surface area contributed by atoms with Crippen molar-refractivity contribution in [1.82, 2.24) is 5.32 Å². The van der Waals surface area contributed by atoms with E-state index in [9.17, 15) is 9.59 Å². The number of thiocarbonyl (C=S) groups is 1. The van der Waals surface area contributed by atoms with Crippen LogP contribution in [0.2, 0.25) is 0 Å². The number of amides is 2. The summed E-state index contributed by atoms with van der Waals surface area (Å²) in [6.07, 6.45) is 0. The van der Waals surface area contributed by atoms with Gasteiger partial charge in [0.15, 0.2) is 5.11 Å². The van der Waals surface area contributed by atoms with E-state index in [1.165, 1.54) is 6.92 Å². The molecule has 32 heavy (non-hydrogen) atoms. The molecule has 0 spiro atoms. The number of nitrogens with one attached hydrogen (secondary N) is 3. The van der Waals surface area contributed by atoms with Gasteiger partial charge in [-0.2, -0.15) is 0 Å². The summed E-state index contributed by atoms with van der Waals surface area (Å²) in [4.78, 5) is 23.6. The molecule has 3 aromatic carbocycles. The zero-order chi connectivity index (χ0) is 22.8. The molecule has 7 nitrogen and oxygen atoms in total. The monoisotopic (exact) mass is 449 g/mol. The van der Waals surface area contributed by atoms with Crippen LogP contribution < -0.4 is 25.4 Å². The molecular weight excluding hydrogens is 426 g/mol. The quantitative estimate of drug-likeness (QED) is 0.352. The maximum absolute atomic E-state index is 12.4. The Hall–Kier alpha value is -3.91. The van der Waals surface area contributed by atoms with Gasteiger partial charge >= 0.3 is 0 Å². The van der Waals surface area contributed by atoms with E-state index in [2.05, 4.69) is 16.0 Å². The minimum Gasteiger partial charge on any atom is -0.490 e. The van der Waals surface area contributed by atoms with Gasteiger partial charge in [0.2, 0.25) is 5.91 Å². The third-order valence-corrected chi connectivity index (χ3v) is 4.35. The maximum atomic E-state index is 12.4. The van der Waals surface area contributed by atoms with E-state index in [1.807, 2.05) is 30.3 Å². The molecule has 3 rings (SSSR count). The van der Waals surface area contributed by atoms with Gasteiger partial charge in [-0.25, -0.2) is 0 Å². The third kappa shape index (κ3) is 7.41. The highest BCUT2D eigenvalue weighted by atomic mass is 32.1. The van der Waals surface area contributed by atoms with Crippen molar-refractivity contribution in [2.75, 3.05) is 23.8 Å². The molecule has 0 heterocycles. The second-order valence-electron chi connectivity index (χ2n) is 6.70. The van der Waals surface area contributed by atoms with Crippen LogP contribution >= 0.6 is 12.2 Å². The lowest BCUT2D eigenvalue weighted by Crippen LogP contribution is -2.34. The molecule has 0 aliphatic carbocycles. The van der Waals surface area contributed by atoms with E-state index in [1.54, 1.807) is 48.5 Å². The van der Waals surface area contributed by atoms with Crippen LogP contribution in [0.4, 0.5) is 11.4 Å². The molecule has 0 aliphatic heterocycles. The molecule has 0 atom stereocenters. The summed E-state index contributed by atoms with van der Waals surface area (Å²) in [6.45, 7) is 2.22. The highest BCUT2D eigenvalue weighted by Gasteiger charge is 2.09. The lowest BCUT2D eigenvalue weighted by molar-refractivity contribution is -0.114. The summed E-state index contributed by atoms with van der Waals surface area (Å²) in [5, 5.41) is 8.39. The number of para-hydroxylation sites is 1. The number of hydrogen-bond acceptors (Lipinski definition) is 5. The van der Waals surface area contributed by atoms with Crippen molar-refractivity contribution in [3.05, 3.63) is 84.4 Å². The second-order valence-corrected chi connectivity index (χ2v) is 7.11. The largest absolute Gasteiger partial charge is 0.490 e. The van der Waals surface area contributed by atoms with E-state index in [0.29, 0.717) is 35.9 Å². The van der Waals surface area contributed by atoms with Gasteiger partial charge in [-0.3, -0.25) is 14.9 Å². The molecule has 0 bridgehead atoms. The summed E-state index contributed by atoms with van der Waals surface area (Å²) >= 11 is 5.21. The van der Waals surface area contributed by atoms with Crippen molar-refractivity contribution in [3.8, 4) is 11.5 Å². The fourth-order valence-corrected chi connectivity index (χ4v) is 2.96. The van der Waals surface area contributed by atoms with E-state index in [0.717, 1.165) is 5.75 Å². The predicted molar refractivity (Wildman–Crippen MR) is 128 cm³/mol. The van der Waals surface area contributed by atoms with Crippen LogP contribution in [0.3, 0.4) is 0 Å². The van der Waals surface area contributed by atoms with Gasteiger partial charge in [0, 0.05) is 23.9 Å². The molecule has 0 aromatic heterocycles. The zero-order valence-corrected chi connectivity index (χ0v) is 18.3. The first kappa shape index (κ1) is 22.8. The number of anilines is 2. The minimum absolute atomic E-state index is 0.147. The van der Waals surface area contributed by atoms with E-state index >= 15 is 0 Å². The maximum Gasteiger partial charge on any atom is 0.257 e. The Morgan fingerprint density at radius 3 is 2.00 bits per heavy atom. The number of hydrogen-bond donors (Lipinski definition) is 3. The molecule has 164 valence electrons. The number of benzene rings is 3. The summed E-state index contributed by atoms with van der Waals surface area (Å²) < 4.78 is 11.2. The van der Waals surface area contributed by atoms with Crippen LogP contribution in [-0.2, 0) is 4.79 Å². The second kappa shape index (κ2) is 11.5. The average Bonchev–Trinajstić information content (AvgIpc) is 2.77. The molecule has 2 amide bonds. The lowest BCUT2D eigenvalue weighted by Gasteiger charge is -2.11. The summed E-state index contributed by atoms with van der Waals surface area (Å²) in [5.74, 6) is 0.900. The number of rotatable bonds is 8. The fourth-order valence-electron chi connectivity index (χ4n) is 2.75. The van der Waals surface area contributed by atoms with Gasteiger partial charge in [0.1, 0.15) is 24.7 Å². The Bertz CT molecular complexity index is 1070. The Morgan fingerprint density at radius 2 is 1.38 bits per heavy atom. The molecule has 0 fully saturated rings. The topological polar surface area (TPSA) is 88.7 Å². The highest BCUT2D eigenvalue weighted by Crippen LogP contribution is 2.16. The van der Waals surface area contributed by atoms with Gasteiger partial charge in [0.25, 0.3) is 5.91 Å². The molecule has 3 aromatic rings. The van der Waals surface area contributed by atoms with Gasteiger partial charge in [0.05, 0.1) is 0 Å². The summed E-state index contributed by atoms with van der Waals surface area (Å²) in [5.41, 5.74) is 1.71. The van der Waals surface area contributed by atoms with Crippen molar-refractivity contribution in [1.29, 1.82) is 0 Å². The van der Waals surface area contributed by atoms with Gasteiger partial charge in [-0.15, -0.1) is 0 Å². The molecule has 0 radical (unpaired) electrons. The molecule has 0 saturated carbocycles. The number of carbonyl (C=O) groups excluding carboxylic acids is 2. The van der Waals surface area contributed by atoms with E-state index in [4.69, 9.17) is 21.7 Å². The summed E-state index contributed by atoms with van der Waals surface area (Å²) in [6, 6.07) is 23.3. The van der Waals surface area contributed by atoms with Gasteiger partial charge in [-0.05, 0) is 66.8 Å². The van der Waals surface area contributed by atoms with Crippen molar-refractivity contribution in [2.24, 2.45) is 0 Å². The molecular formula is C24H23N3O4S. The van der Waals surface area contributed by atoms with Crippen molar-refractivity contribution in [3.63, 3.8) is 0 Å². The molecule has 0 aliphatic rings. The van der Waals surface area contributed by atoms with Crippen LogP contribution in [-0.4, -0.2) is 30.1 Å². The molecule has 0 saturated heterocycles. The van der Waals surface area contributed by atoms with Crippen LogP contribution in [0.5, 0.6) is 11.5 Å². The van der Waals surface area contributed by atoms with Crippen molar-refractivity contribution in [2.45, 2.75) is 6.92 Å². The Labute approximate surface area is 191 Å². The first-order valence-electron chi connectivity index (χ1n) is 9.90. The smallest absolute Gasteiger partial charge is 0.257 e. The lowest BCUT2D eigenvalue weighted by atomic mass is 10.2. The molecule has 3 N–H and O–H groups in total. The molecule has 8 heteroatoms. The average molecular weight is 450 g/mol. The zero-order valence-electron chi connectivity index (χ0n) is 17.5. The van der Waals surface area contributed by atoms with Crippen LogP contribution in [0.15, 0.2) is 78.9 Å². The van der Waals surface area contributed by atoms with Crippen molar-refractivity contribution >= 4 is 40.5 Å². The standard InChI is InChI=1S/C24H23N3O4S/c1-17(28)25-19-6-5-7-20(16-19)26-24(32)27-23(29)18-10-12-22(13-11-18)31-15-14-30-21-8-3-2-4-9-21/h2-13,16H,14-15H2,1H3,(H,25,28)(H2,26,27,29,32). The summed E-state index contributed by atoms with van der Waals surface area (Å²) in [7, 11) is 0. The minimum atomic E-state index is -0.348. The predicted octanol–water partition coefficient (Wildman–Crippen LogP) is 4.23. The van der Waals surface area contributed by atoms with Crippen LogP contribution in [0, 0.1) is 0 Å². The van der Waals surface area contributed by atoms with E-state index in [-0.39, 0.29) is 16.9 Å². The normalized spacial score (nSPS) is 10.0. The van der Waals surface area contributed by atoms with Gasteiger partial charge < -0.3 is 20.1 Å². The van der Waals surface area contributed by atoms with Crippen LogP contribution in [0.1, 0.15) is 17.3 Å².